The zero-order valence-corrected chi connectivity index (χ0v) is 14.0. The smallest absolute Gasteiger partial charge is 0.680 e. The third kappa shape index (κ3) is 17.0. The summed E-state index contributed by atoms with van der Waals surface area (Å²) in [5, 5.41) is 1.57. The average molecular weight is 305 g/mol. The van der Waals surface area contributed by atoms with Gasteiger partial charge in [0.25, 0.3) is 0 Å². The van der Waals surface area contributed by atoms with E-state index in [0.29, 0.717) is 0 Å². The van der Waals surface area contributed by atoms with Gasteiger partial charge in [0.15, 0.2) is 0 Å². The van der Waals surface area contributed by atoms with E-state index in [1.807, 2.05) is 0 Å². The normalized spacial score (nSPS) is 6.73. The molecule has 0 saturated carbocycles. The maximum absolute atomic E-state index is 5.75. The van der Waals surface area contributed by atoms with Crippen LogP contribution in [-0.4, -0.2) is 29.9 Å². The number of hydrogen-bond donors (Lipinski definition) is 0. The second-order valence-electron chi connectivity index (χ2n) is 2.37. The van der Waals surface area contributed by atoms with Crippen molar-refractivity contribution >= 4 is 14.0 Å². The van der Waals surface area contributed by atoms with Crippen LogP contribution in [0, 0.1) is 0 Å². The molecule has 0 aliphatic rings. The van der Waals surface area contributed by atoms with Crippen molar-refractivity contribution in [2.75, 3.05) is 21.1 Å². The Morgan fingerprint density at radius 1 is 0.800 bits per heavy atom. The van der Waals surface area contributed by atoms with Crippen LogP contribution >= 0.6 is 0 Å². The Labute approximate surface area is 116 Å². The van der Waals surface area contributed by atoms with Gasteiger partial charge < -0.3 is 17.2 Å². The molecule has 1 aromatic carbocycles. The molecule has 3 nitrogen and oxygen atoms in total. The maximum atomic E-state index is 5.75. The SMILES string of the molecule is C[NH-].C[NH-].C[NH-].C[SiH](C)[c-]1cccc1.[Zr+4]. The van der Waals surface area contributed by atoms with Gasteiger partial charge in [-0.1, -0.05) is 13.1 Å². The van der Waals surface area contributed by atoms with Crippen molar-refractivity contribution in [3.8, 4) is 0 Å². The summed E-state index contributed by atoms with van der Waals surface area (Å²) in [6, 6.07) is 8.67. The summed E-state index contributed by atoms with van der Waals surface area (Å²) >= 11 is 0. The third-order valence-corrected chi connectivity index (χ3v) is 3.07. The molecule has 0 unspecified atom stereocenters. The summed E-state index contributed by atoms with van der Waals surface area (Å²) in [6.45, 7) is 4.69. The Bertz CT molecular complexity index is 156. The Kier molecular flexibility index (Phi) is 39.0. The van der Waals surface area contributed by atoms with Gasteiger partial charge in [-0.15, -0.1) is 0 Å². The molecule has 0 spiro atoms. The van der Waals surface area contributed by atoms with Crippen LogP contribution in [0.4, 0.5) is 0 Å². The summed E-state index contributed by atoms with van der Waals surface area (Å²) in [4.78, 5) is 0. The minimum absolute atomic E-state index is 0. The van der Waals surface area contributed by atoms with Crippen LogP contribution in [0.3, 0.4) is 0 Å². The minimum atomic E-state index is -0.480. The van der Waals surface area contributed by atoms with Gasteiger partial charge in [-0.3, -0.25) is 0 Å². The molecule has 1 aromatic rings. The van der Waals surface area contributed by atoms with Crippen molar-refractivity contribution in [3.05, 3.63) is 41.5 Å². The van der Waals surface area contributed by atoms with Crippen molar-refractivity contribution in [3.63, 3.8) is 0 Å². The topological polar surface area (TPSA) is 71.4 Å². The molecule has 0 aliphatic heterocycles. The molecule has 0 heterocycles. The second-order valence-corrected chi connectivity index (χ2v) is 5.35. The van der Waals surface area contributed by atoms with E-state index in [-0.39, 0.29) is 26.2 Å². The van der Waals surface area contributed by atoms with Crippen molar-refractivity contribution in [1.29, 1.82) is 0 Å². The first-order valence-corrected chi connectivity index (χ1v) is 7.41. The maximum Gasteiger partial charge on any atom is 4.00 e. The van der Waals surface area contributed by atoms with Gasteiger partial charge in [0.1, 0.15) is 0 Å². The summed E-state index contributed by atoms with van der Waals surface area (Å²) in [6.07, 6.45) is 0. The number of rotatable bonds is 1. The summed E-state index contributed by atoms with van der Waals surface area (Å²) in [5.41, 5.74) is 17.2. The van der Waals surface area contributed by atoms with Gasteiger partial charge in [0.2, 0.25) is 0 Å². The van der Waals surface area contributed by atoms with E-state index in [2.05, 4.69) is 37.4 Å². The quantitative estimate of drug-likeness (QED) is 0.565. The standard InChI is InChI=1S/C7H11Si.3CH4N.Zr/c1-8(2)7-5-3-4-6-7;3*1-2;/h3-6,8H,1-2H3;3*2H,1H3;/q4*-1;+4. The van der Waals surface area contributed by atoms with Crippen LogP contribution in [0.2, 0.25) is 13.1 Å². The van der Waals surface area contributed by atoms with E-state index < -0.39 is 8.80 Å². The van der Waals surface area contributed by atoms with Gasteiger partial charge in [-0.25, -0.2) is 12.1 Å². The molecule has 0 aliphatic carbocycles. The van der Waals surface area contributed by atoms with Crippen molar-refractivity contribution in [2.24, 2.45) is 0 Å². The summed E-state index contributed by atoms with van der Waals surface area (Å²) < 4.78 is 0. The zero-order valence-electron chi connectivity index (χ0n) is 10.4. The monoisotopic (exact) mass is 303 g/mol. The van der Waals surface area contributed by atoms with Crippen LogP contribution in [0.5, 0.6) is 0 Å². The van der Waals surface area contributed by atoms with Gasteiger partial charge in [-0.05, 0) is 0 Å². The largest absolute Gasteiger partial charge is 4.00 e. The fourth-order valence-corrected chi connectivity index (χ4v) is 1.77. The second kappa shape index (κ2) is 23.9. The van der Waals surface area contributed by atoms with E-state index in [1.54, 1.807) is 5.19 Å². The van der Waals surface area contributed by atoms with Crippen LogP contribution in [0.25, 0.3) is 17.2 Å². The summed E-state index contributed by atoms with van der Waals surface area (Å²) in [5.74, 6) is 0. The van der Waals surface area contributed by atoms with E-state index in [9.17, 15) is 0 Å². The molecule has 5 heteroatoms. The molecule has 0 amide bonds. The molecule has 0 atom stereocenters. The Hall–Kier alpha value is 0.330. The fraction of sp³-hybridized carbons (Fsp3) is 0.500. The first kappa shape index (κ1) is 24.5. The number of nitrogens with one attached hydrogen (secondary N) is 3. The molecule has 0 saturated heterocycles. The van der Waals surface area contributed by atoms with Crippen LogP contribution in [0.1, 0.15) is 0 Å². The van der Waals surface area contributed by atoms with Crippen LogP contribution in [0.15, 0.2) is 24.3 Å². The first-order chi connectivity index (χ1) is 6.80. The van der Waals surface area contributed by atoms with Gasteiger partial charge in [0.05, 0.1) is 0 Å². The van der Waals surface area contributed by atoms with Crippen molar-refractivity contribution in [1.82, 2.24) is 0 Å². The molecular weight excluding hydrogens is 281 g/mol. The number of hydrogen-bond acceptors (Lipinski definition) is 0. The Morgan fingerprint density at radius 2 is 1.07 bits per heavy atom. The molecule has 86 valence electrons. The molecular formula is C10H23N3SiZr. The van der Waals surface area contributed by atoms with Gasteiger partial charge in [-0.2, -0.15) is 38.5 Å². The zero-order chi connectivity index (χ0) is 12.0. The summed E-state index contributed by atoms with van der Waals surface area (Å²) in [7, 11) is 3.27. The van der Waals surface area contributed by atoms with Gasteiger partial charge in [0, 0.05) is 8.80 Å². The van der Waals surface area contributed by atoms with E-state index >= 15 is 0 Å². The average Bonchev–Trinajstić information content (AvgIpc) is 2.80. The molecule has 0 aromatic heterocycles. The molecule has 0 fully saturated rings. The van der Waals surface area contributed by atoms with E-state index in [0.717, 1.165) is 0 Å². The molecule has 15 heavy (non-hydrogen) atoms. The van der Waals surface area contributed by atoms with Crippen LogP contribution < -0.4 is 5.19 Å². The Morgan fingerprint density at radius 3 is 1.20 bits per heavy atom. The van der Waals surface area contributed by atoms with Gasteiger partial charge >= 0.3 is 26.2 Å². The molecule has 0 bridgehead atoms. The predicted molar refractivity (Wildman–Crippen MR) is 71.3 cm³/mol. The van der Waals surface area contributed by atoms with E-state index in [4.69, 9.17) is 17.2 Å². The molecule has 0 radical (unpaired) electrons. The minimum Gasteiger partial charge on any atom is -0.680 e. The molecule has 1 rings (SSSR count). The fourth-order valence-electron chi connectivity index (χ4n) is 0.774. The van der Waals surface area contributed by atoms with Crippen molar-refractivity contribution in [2.45, 2.75) is 13.1 Å². The van der Waals surface area contributed by atoms with Crippen molar-refractivity contribution < 1.29 is 26.2 Å². The Balaban J connectivity index is -0.0000000755. The van der Waals surface area contributed by atoms with Crippen LogP contribution in [-0.2, 0) is 26.2 Å². The predicted octanol–water partition coefficient (Wildman–Crippen LogP) is 3.10. The molecule has 3 N–H and O–H groups in total. The first-order valence-electron chi connectivity index (χ1n) is 4.52. The third-order valence-electron chi connectivity index (χ3n) is 1.36. The van der Waals surface area contributed by atoms with E-state index in [1.165, 1.54) is 21.1 Å².